The first-order valence-electron chi connectivity index (χ1n) is 11.2. The molecule has 2 aliphatic rings. The van der Waals surface area contributed by atoms with Crippen LogP contribution in [0.25, 0.3) is 0 Å². The van der Waals surface area contributed by atoms with Crippen LogP contribution in [0.2, 0.25) is 0 Å². The lowest BCUT2D eigenvalue weighted by Crippen LogP contribution is -2.51. The molecule has 0 bridgehead atoms. The van der Waals surface area contributed by atoms with E-state index in [-0.39, 0.29) is 35.6 Å². The number of hydrogen-bond acceptors (Lipinski definition) is 4. The Balaban J connectivity index is 0.00000320. The standard InChI is InChI=1S/C23H39N5O.HI/c1-5-24-22(25-18-23(27(3)4)11-15-29-16-12-23)26-19(2)20-9-8-10-21(17-20)28-13-6-7-14-28;/h8-10,17,19H,5-7,11-16,18H2,1-4H3,(H2,24,25,26);1H. The van der Waals surface area contributed by atoms with E-state index in [0.717, 1.165) is 45.1 Å². The minimum atomic E-state index is 0. The summed E-state index contributed by atoms with van der Waals surface area (Å²) in [5.74, 6) is 0.888. The molecule has 1 aromatic rings. The Bertz CT molecular complexity index is 669. The highest BCUT2D eigenvalue weighted by molar-refractivity contribution is 14.0. The summed E-state index contributed by atoms with van der Waals surface area (Å²) in [7, 11) is 4.32. The molecule has 30 heavy (non-hydrogen) atoms. The van der Waals surface area contributed by atoms with E-state index in [1.807, 2.05) is 0 Å². The Hall–Kier alpha value is -1.06. The van der Waals surface area contributed by atoms with Gasteiger partial charge in [0.1, 0.15) is 0 Å². The van der Waals surface area contributed by atoms with Gasteiger partial charge in [0.25, 0.3) is 0 Å². The van der Waals surface area contributed by atoms with Crippen molar-refractivity contribution in [2.24, 2.45) is 4.99 Å². The van der Waals surface area contributed by atoms with E-state index in [1.54, 1.807) is 0 Å². The normalized spacial score (nSPS) is 20.0. The van der Waals surface area contributed by atoms with Gasteiger partial charge in [-0.2, -0.15) is 0 Å². The fourth-order valence-electron chi connectivity index (χ4n) is 4.30. The molecule has 2 saturated heterocycles. The Morgan fingerprint density at radius 2 is 1.93 bits per heavy atom. The van der Waals surface area contributed by atoms with Crippen molar-refractivity contribution < 1.29 is 4.74 Å². The molecule has 170 valence electrons. The van der Waals surface area contributed by atoms with Gasteiger partial charge >= 0.3 is 0 Å². The topological polar surface area (TPSA) is 52.1 Å². The summed E-state index contributed by atoms with van der Waals surface area (Å²) in [5, 5.41) is 7.05. The third-order valence-corrected chi connectivity index (χ3v) is 6.44. The maximum Gasteiger partial charge on any atom is 0.191 e. The molecule has 1 atom stereocenters. The van der Waals surface area contributed by atoms with Crippen molar-refractivity contribution >= 4 is 35.6 Å². The molecule has 0 amide bonds. The van der Waals surface area contributed by atoms with Gasteiger partial charge in [-0.1, -0.05) is 12.1 Å². The molecule has 2 aliphatic heterocycles. The highest BCUT2D eigenvalue weighted by atomic mass is 127. The van der Waals surface area contributed by atoms with Crippen LogP contribution >= 0.6 is 24.0 Å². The minimum Gasteiger partial charge on any atom is -0.381 e. The highest BCUT2D eigenvalue weighted by Crippen LogP contribution is 2.27. The molecule has 7 heteroatoms. The van der Waals surface area contributed by atoms with Gasteiger partial charge in [-0.3, -0.25) is 4.99 Å². The average Bonchev–Trinajstić information content (AvgIpc) is 3.28. The highest BCUT2D eigenvalue weighted by Gasteiger charge is 2.34. The summed E-state index contributed by atoms with van der Waals surface area (Å²) in [4.78, 5) is 9.80. The molecule has 2 fully saturated rings. The van der Waals surface area contributed by atoms with Crippen LogP contribution < -0.4 is 15.5 Å². The van der Waals surface area contributed by atoms with Crippen molar-refractivity contribution in [3.05, 3.63) is 29.8 Å². The van der Waals surface area contributed by atoms with Crippen LogP contribution in [0.5, 0.6) is 0 Å². The van der Waals surface area contributed by atoms with Gasteiger partial charge in [0.2, 0.25) is 0 Å². The molecule has 1 unspecified atom stereocenters. The van der Waals surface area contributed by atoms with Crippen LogP contribution in [0.4, 0.5) is 5.69 Å². The Morgan fingerprint density at radius 1 is 1.23 bits per heavy atom. The molecular formula is C23H40IN5O. The van der Waals surface area contributed by atoms with Gasteiger partial charge in [0.05, 0.1) is 12.6 Å². The summed E-state index contributed by atoms with van der Waals surface area (Å²) in [6, 6.07) is 9.13. The summed E-state index contributed by atoms with van der Waals surface area (Å²) in [6.45, 7) is 9.94. The number of nitrogens with one attached hydrogen (secondary N) is 2. The number of halogens is 1. The van der Waals surface area contributed by atoms with E-state index in [9.17, 15) is 0 Å². The van der Waals surface area contributed by atoms with Crippen LogP contribution in [-0.4, -0.2) is 69.9 Å². The number of nitrogens with zero attached hydrogens (tertiary/aromatic N) is 3. The fraction of sp³-hybridized carbons (Fsp3) is 0.696. The lowest BCUT2D eigenvalue weighted by molar-refractivity contribution is -0.00255. The molecular weight excluding hydrogens is 489 g/mol. The molecule has 3 rings (SSSR count). The predicted octanol–water partition coefficient (Wildman–Crippen LogP) is 3.63. The van der Waals surface area contributed by atoms with Crippen molar-refractivity contribution in [1.82, 2.24) is 15.5 Å². The van der Waals surface area contributed by atoms with Gasteiger partial charge in [-0.25, -0.2) is 0 Å². The second-order valence-electron chi connectivity index (χ2n) is 8.58. The van der Waals surface area contributed by atoms with Crippen LogP contribution in [0.15, 0.2) is 29.3 Å². The lowest BCUT2D eigenvalue weighted by atomic mass is 9.89. The zero-order valence-corrected chi connectivity index (χ0v) is 21.4. The maximum atomic E-state index is 5.59. The van der Waals surface area contributed by atoms with Gasteiger partial charge in [-0.05, 0) is 71.3 Å². The zero-order chi connectivity index (χ0) is 20.7. The number of benzene rings is 1. The molecule has 6 nitrogen and oxygen atoms in total. The Labute approximate surface area is 199 Å². The summed E-state index contributed by atoms with van der Waals surface area (Å²) >= 11 is 0. The summed E-state index contributed by atoms with van der Waals surface area (Å²) in [6.07, 6.45) is 4.65. The smallest absolute Gasteiger partial charge is 0.191 e. The predicted molar refractivity (Wildman–Crippen MR) is 137 cm³/mol. The third-order valence-electron chi connectivity index (χ3n) is 6.44. The van der Waals surface area contributed by atoms with Crippen molar-refractivity contribution in [3.63, 3.8) is 0 Å². The van der Waals surface area contributed by atoms with Crippen LogP contribution in [-0.2, 0) is 4.74 Å². The van der Waals surface area contributed by atoms with Crippen molar-refractivity contribution in [2.75, 3.05) is 58.4 Å². The van der Waals surface area contributed by atoms with Crippen LogP contribution in [0.1, 0.15) is 51.1 Å². The van der Waals surface area contributed by atoms with Crippen molar-refractivity contribution in [2.45, 2.75) is 51.1 Å². The third kappa shape index (κ3) is 6.47. The van der Waals surface area contributed by atoms with E-state index in [2.05, 4.69) is 72.6 Å². The Kier molecular flexibility index (Phi) is 10.2. The van der Waals surface area contributed by atoms with Crippen molar-refractivity contribution in [3.8, 4) is 0 Å². The lowest BCUT2D eigenvalue weighted by Gasteiger charge is -2.41. The summed E-state index contributed by atoms with van der Waals surface area (Å²) in [5.41, 5.74) is 2.72. The van der Waals surface area contributed by atoms with Gasteiger partial charge in [0, 0.05) is 44.1 Å². The minimum absolute atomic E-state index is 0. The number of aliphatic imine (C=N–C) groups is 1. The van der Waals surface area contributed by atoms with Crippen LogP contribution in [0.3, 0.4) is 0 Å². The monoisotopic (exact) mass is 529 g/mol. The van der Waals surface area contributed by atoms with E-state index >= 15 is 0 Å². The number of hydrogen-bond donors (Lipinski definition) is 2. The largest absolute Gasteiger partial charge is 0.381 e. The quantitative estimate of drug-likeness (QED) is 0.321. The van der Waals surface area contributed by atoms with Gasteiger partial charge < -0.3 is 25.2 Å². The number of likely N-dealkylation sites (N-methyl/N-ethyl adjacent to an activating group) is 1. The first kappa shape index (κ1) is 25.2. The molecule has 0 aromatic heterocycles. The summed E-state index contributed by atoms with van der Waals surface area (Å²) < 4.78 is 5.59. The SMILES string of the molecule is CCNC(=NCC1(N(C)C)CCOCC1)NC(C)c1cccc(N2CCCC2)c1.I. The first-order chi connectivity index (χ1) is 14.0. The molecule has 0 aliphatic carbocycles. The van der Waals surface area contributed by atoms with E-state index in [4.69, 9.17) is 9.73 Å². The molecule has 0 radical (unpaired) electrons. The Morgan fingerprint density at radius 3 is 2.57 bits per heavy atom. The van der Waals surface area contributed by atoms with Gasteiger partial charge in [-0.15, -0.1) is 24.0 Å². The van der Waals surface area contributed by atoms with Crippen molar-refractivity contribution in [1.29, 1.82) is 0 Å². The second kappa shape index (κ2) is 12.1. The van der Waals surface area contributed by atoms with E-state index < -0.39 is 0 Å². The maximum absolute atomic E-state index is 5.59. The number of guanidine groups is 1. The molecule has 2 N–H and O–H groups in total. The molecule has 2 heterocycles. The van der Waals surface area contributed by atoms with Gasteiger partial charge in [0.15, 0.2) is 5.96 Å². The first-order valence-corrected chi connectivity index (χ1v) is 11.2. The molecule has 0 spiro atoms. The molecule has 0 saturated carbocycles. The number of ether oxygens (including phenoxy) is 1. The van der Waals surface area contributed by atoms with E-state index in [1.165, 1.54) is 37.2 Å². The number of anilines is 1. The second-order valence-corrected chi connectivity index (χ2v) is 8.58. The van der Waals surface area contributed by atoms with E-state index in [0.29, 0.717) is 0 Å². The molecule has 1 aromatic carbocycles. The fourth-order valence-corrected chi connectivity index (χ4v) is 4.30. The zero-order valence-electron chi connectivity index (χ0n) is 19.1. The number of rotatable bonds is 7. The average molecular weight is 530 g/mol. The van der Waals surface area contributed by atoms with Crippen LogP contribution in [0, 0.1) is 0 Å².